The standard InChI is InChI=1S/C13H26O2Si.C8H14O2/c1-11-7-5-6-8-12(11)13(14)15-9-10-16(2,3)4;1-6-4-2-3-5-7(6)8(9)10/h11-12H,5-10H2,1-4H3;6-7H,2-5H2,1H3,(H,9,10). The van der Waals surface area contributed by atoms with E-state index in [1.54, 1.807) is 0 Å². The molecular formula is C21H40O4Si. The molecule has 0 heterocycles. The zero-order valence-corrected chi connectivity index (χ0v) is 18.6. The molecule has 0 aromatic heterocycles. The summed E-state index contributed by atoms with van der Waals surface area (Å²) in [6.45, 7) is 11.8. The molecule has 0 saturated heterocycles. The molecule has 2 rings (SSSR count). The van der Waals surface area contributed by atoms with Gasteiger partial charge in [-0.1, -0.05) is 59.2 Å². The fraction of sp³-hybridized carbons (Fsp3) is 0.905. The minimum absolute atomic E-state index is 0.0606. The van der Waals surface area contributed by atoms with Crippen LogP contribution in [0.2, 0.25) is 25.7 Å². The number of carboxylic acids is 1. The summed E-state index contributed by atoms with van der Waals surface area (Å²) in [6.07, 6.45) is 8.98. The van der Waals surface area contributed by atoms with Crippen LogP contribution in [0, 0.1) is 23.7 Å². The number of esters is 1. The number of carbonyl (C=O) groups is 2. The second kappa shape index (κ2) is 11.1. The number of aliphatic carboxylic acids is 1. The molecule has 0 radical (unpaired) electrons. The minimum Gasteiger partial charge on any atom is -0.481 e. The maximum Gasteiger partial charge on any atom is 0.309 e. The van der Waals surface area contributed by atoms with Gasteiger partial charge in [0.25, 0.3) is 0 Å². The van der Waals surface area contributed by atoms with Crippen molar-refractivity contribution in [1.29, 1.82) is 0 Å². The fourth-order valence-electron chi connectivity index (χ4n) is 3.91. The molecule has 152 valence electrons. The molecule has 2 saturated carbocycles. The van der Waals surface area contributed by atoms with Crippen molar-refractivity contribution < 1.29 is 19.4 Å². The molecule has 4 nitrogen and oxygen atoms in total. The number of hydrogen-bond acceptors (Lipinski definition) is 3. The van der Waals surface area contributed by atoms with E-state index < -0.39 is 14.0 Å². The molecule has 0 spiro atoms. The van der Waals surface area contributed by atoms with Crippen molar-refractivity contribution in [2.75, 3.05) is 6.61 Å². The highest BCUT2D eigenvalue weighted by Gasteiger charge is 2.29. The van der Waals surface area contributed by atoms with E-state index in [0.717, 1.165) is 31.7 Å². The second-order valence-corrected chi connectivity index (χ2v) is 15.2. The third-order valence-corrected chi connectivity index (χ3v) is 7.64. The van der Waals surface area contributed by atoms with E-state index in [0.29, 0.717) is 18.4 Å². The largest absolute Gasteiger partial charge is 0.481 e. The lowest BCUT2D eigenvalue weighted by Crippen LogP contribution is -2.29. The van der Waals surface area contributed by atoms with Crippen molar-refractivity contribution in [3.8, 4) is 0 Å². The van der Waals surface area contributed by atoms with Gasteiger partial charge in [0, 0.05) is 8.07 Å². The molecule has 0 aromatic carbocycles. The van der Waals surface area contributed by atoms with E-state index in [9.17, 15) is 9.59 Å². The average molecular weight is 385 g/mol. The Labute approximate surface area is 161 Å². The highest BCUT2D eigenvalue weighted by Crippen LogP contribution is 2.31. The SMILES string of the molecule is CC1CCCCC1C(=O)O.CC1CCCCC1C(=O)OCC[Si](C)(C)C. The van der Waals surface area contributed by atoms with Gasteiger partial charge < -0.3 is 9.84 Å². The Hall–Kier alpha value is -0.843. The Morgan fingerprint density at radius 2 is 1.35 bits per heavy atom. The van der Waals surface area contributed by atoms with Gasteiger partial charge in [0.05, 0.1) is 18.4 Å². The lowest BCUT2D eigenvalue weighted by Gasteiger charge is -2.27. The smallest absolute Gasteiger partial charge is 0.309 e. The Morgan fingerprint density at radius 1 is 0.885 bits per heavy atom. The van der Waals surface area contributed by atoms with Gasteiger partial charge in [0.15, 0.2) is 0 Å². The first-order valence-corrected chi connectivity index (χ1v) is 14.2. The van der Waals surface area contributed by atoms with Crippen molar-refractivity contribution in [1.82, 2.24) is 0 Å². The predicted molar refractivity (Wildman–Crippen MR) is 109 cm³/mol. The first kappa shape index (κ1) is 23.2. The van der Waals surface area contributed by atoms with Crippen LogP contribution in [-0.2, 0) is 14.3 Å². The van der Waals surface area contributed by atoms with Crippen molar-refractivity contribution in [2.24, 2.45) is 23.7 Å². The van der Waals surface area contributed by atoms with E-state index in [1.807, 2.05) is 6.92 Å². The second-order valence-electron chi connectivity index (χ2n) is 9.55. The molecular weight excluding hydrogens is 344 g/mol. The molecule has 5 heteroatoms. The topological polar surface area (TPSA) is 63.6 Å². The summed E-state index contributed by atoms with van der Waals surface area (Å²) in [7, 11) is -1.07. The molecule has 4 atom stereocenters. The monoisotopic (exact) mass is 384 g/mol. The number of carboxylic acid groups (broad SMARTS) is 1. The van der Waals surface area contributed by atoms with Crippen LogP contribution >= 0.6 is 0 Å². The summed E-state index contributed by atoms with van der Waals surface area (Å²) in [5.74, 6) is 0.487. The predicted octanol–water partition coefficient (Wildman–Crippen LogP) is 5.59. The number of hydrogen-bond donors (Lipinski definition) is 1. The van der Waals surface area contributed by atoms with Gasteiger partial charge in [-0.3, -0.25) is 9.59 Å². The molecule has 0 amide bonds. The van der Waals surface area contributed by atoms with Crippen LogP contribution < -0.4 is 0 Å². The molecule has 0 aromatic rings. The third kappa shape index (κ3) is 8.70. The van der Waals surface area contributed by atoms with Crippen molar-refractivity contribution in [3.05, 3.63) is 0 Å². The van der Waals surface area contributed by atoms with Crippen LogP contribution in [0.15, 0.2) is 0 Å². The van der Waals surface area contributed by atoms with Crippen LogP contribution in [0.3, 0.4) is 0 Å². The third-order valence-electron chi connectivity index (χ3n) is 5.94. The molecule has 1 N–H and O–H groups in total. The molecule has 0 bridgehead atoms. The van der Waals surface area contributed by atoms with Gasteiger partial charge in [0.1, 0.15) is 0 Å². The summed E-state index contributed by atoms with van der Waals surface area (Å²) < 4.78 is 5.42. The molecule has 4 unspecified atom stereocenters. The number of ether oxygens (including phenoxy) is 1. The van der Waals surface area contributed by atoms with Crippen LogP contribution in [0.1, 0.15) is 65.2 Å². The van der Waals surface area contributed by atoms with E-state index in [4.69, 9.17) is 9.84 Å². The Balaban J connectivity index is 0.000000289. The van der Waals surface area contributed by atoms with E-state index in [1.165, 1.54) is 25.7 Å². The van der Waals surface area contributed by atoms with E-state index in [-0.39, 0.29) is 17.8 Å². The summed E-state index contributed by atoms with van der Waals surface area (Å²) >= 11 is 0. The normalized spacial score (nSPS) is 29.3. The maximum absolute atomic E-state index is 11.9. The lowest BCUT2D eigenvalue weighted by atomic mass is 9.80. The van der Waals surface area contributed by atoms with E-state index >= 15 is 0 Å². The van der Waals surface area contributed by atoms with Gasteiger partial charge in [-0.05, 0) is 43.6 Å². The minimum atomic E-state index is -1.07. The van der Waals surface area contributed by atoms with Gasteiger partial charge in [-0.15, -0.1) is 0 Å². The van der Waals surface area contributed by atoms with Crippen molar-refractivity contribution >= 4 is 20.0 Å². The quantitative estimate of drug-likeness (QED) is 0.495. The summed E-state index contributed by atoms with van der Waals surface area (Å²) in [4.78, 5) is 22.5. The van der Waals surface area contributed by atoms with Crippen molar-refractivity contribution in [2.45, 2.75) is 90.9 Å². The van der Waals surface area contributed by atoms with Gasteiger partial charge in [-0.2, -0.15) is 0 Å². The molecule has 2 fully saturated rings. The highest BCUT2D eigenvalue weighted by molar-refractivity contribution is 6.76. The molecule has 2 aliphatic carbocycles. The summed E-state index contributed by atoms with van der Waals surface area (Å²) in [5, 5.41) is 8.71. The zero-order chi connectivity index (χ0) is 19.7. The Morgan fingerprint density at radius 3 is 1.73 bits per heavy atom. The number of rotatable bonds is 5. The Kier molecular flexibility index (Phi) is 9.91. The number of carbonyl (C=O) groups excluding carboxylic acids is 1. The van der Waals surface area contributed by atoms with Gasteiger partial charge in [0.2, 0.25) is 0 Å². The highest BCUT2D eigenvalue weighted by atomic mass is 28.3. The zero-order valence-electron chi connectivity index (χ0n) is 17.6. The van der Waals surface area contributed by atoms with Crippen LogP contribution in [0.4, 0.5) is 0 Å². The summed E-state index contributed by atoms with van der Waals surface area (Å²) in [5.41, 5.74) is 0. The van der Waals surface area contributed by atoms with Gasteiger partial charge in [-0.25, -0.2) is 0 Å². The Bertz CT molecular complexity index is 444. The van der Waals surface area contributed by atoms with Crippen LogP contribution in [0.25, 0.3) is 0 Å². The van der Waals surface area contributed by atoms with Crippen molar-refractivity contribution in [3.63, 3.8) is 0 Å². The van der Waals surface area contributed by atoms with Crippen LogP contribution in [-0.4, -0.2) is 31.7 Å². The molecule has 26 heavy (non-hydrogen) atoms. The molecule has 2 aliphatic rings. The first-order valence-electron chi connectivity index (χ1n) is 10.5. The maximum atomic E-state index is 11.9. The lowest BCUT2D eigenvalue weighted by molar-refractivity contribution is -0.151. The van der Waals surface area contributed by atoms with Gasteiger partial charge >= 0.3 is 11.9 Å². The summed E-state index contributed by atoms with van der Waals surface area (Å²) in [6, 6.07) is 1.08. The molecule has 0 aliphatic heterocycles. The average Bonchev–Trinajstić information content (AvgIpc) is 2.54. The van der Waals surface area contributed by atoms with E-state index in [2.05, 4.69) is 26.6 Å². The fourth-order valence-corrected chi connectivity index (χ4v) is 4.63. The van der Waals surface area contributed by atoms with Crippen LogP contribution in [0.5, 0.6) is 0 Å². The first-order chi connectivity index (χ1) is 12.1.